The van der Waals surface area contributed by atoms with Crippen molar-refractivity contribution in [3.05, 3.63) is 58.3 Å². The van der Waals surface area contributed by atoms with E-state index >= 15 is 0 Å². The van der Waals surface area contributed by atoms with Gasteiger partial charge in [0.15, 0.2) is 0 Å². The third-order valence-electron chi connectivity index (χ3n) is 3.59. The highest BCUT2D eigenvalue weighted by molar-refractivity contribution is 9.10. The van der Waals surface area contributed by atoms with E-state index in [-0.39, 0.29) is 11.8 Å². The van der Waals surface area contributed by atoms with Crippen molar-refractivity contribution in [2.75, 3.05) is 17.2 Å². The van der Waals surface area contributed by atoms with Gasteiger partial charge < -0.3 is 10.6 Å². The normalized spacial score (nSPS) is 16.8. The Balaban J connectivity index is 1.81. The molecule has 0 aromatic heterocycles. The molecule has 0 bridgehead atoms. The van der Waals surface area contributed by atoms with E-state index in [4.69, 9.17) is 0 Å². The number of hydrogen-bond acceptors (Lipinski definition) is 2. The first kappa shape index (κ1) is 14.1. The monoisotopic (exact) mass is 348 g/mol. The first-order chi connectivity index (χ1) is 10.1. The lowest BCUT2D eigenvalue weighted by molar-refractivity contribution is -0.117. The van der Waals surface area contributed by atoms with Crippen LogP contribution in [0.15, 0.2) is 46.9 Å². The summed E-state index contributed by atoms with van der Waals surface area (Å²) in [6, 6.07) is 12.4. The lowest BCUT2D eigenvalue weighted by Crippen LogP contribution is -2.27. The average Bonchev–Trinajstić information content (AvgIpc) is 2.50. The molecule has 2 aromatic rings. The Morgan fingerprint density at radius 3 is 2.90 bits per heavy atom. The smallest absolute Gasteiger partial charge is 0.232 e. The summed E-state index contributed by atoms with van der Waals surface area (Å²) in [5.74, 6) is -0.710. The molecule has 0 aliphatic carbocycles. The van der Waals surface area contributed by atoms with Gasteiger partial charge in [-0.05, 0) is 52.2 Å². The van der Waals surface area contributed by atoms with Crippen LogP contribution in [0.5, 0.6) is 0 Å². The van der Waals surface area contributed by atoms with Crippen LogP contribution in [0.25, 0.3) is 0 Å². The molecule has 3 nitrogen and oxygen atoms in total. The summed E-state index contributed by atoms with van der Waals surface area (Å²) < 4.78 is 13.9. The highest BCUT2D eigenvalue weighted by Gasteiger charge is 2.26. The number of halogens is 2. The number of fused-ring (bicyclic) bond motifs is 1. The minimum absolute atomic E-state index is 0.106. The number of benzene rings is 2. The molecule has 1 amide bonds. The number of hydrogen-bond donors (Lipinski definition) is 2. The Morgan fingerprint density at radius 2 is 2.10 bits per heavy atom. The van der Waals surface area contributed by atoms with Gasteiger partial charge in [0.25, 0.3) is 0 Å². The Labute approximate surface area is 130 Å². The molecule has 108 valence electrons. The van der Waals surface area contributed by atoms with Gasteiger partial charge in [0.05, 0.1) is 10.4 Å². The fourth-order valence-electron chi connectivity index (χ4n) is 2.54. The number of carbonyl (C=O) groups is 1. The van der Waals surface area contributed by atoms with E-state index in [1.807, 2.05) is 24.3 Å². The Kier molecular flexibility index (Phi) is 3.92. The summed E-state index contributed by atoms with van der Waals surface area (Å²) >= 11 is 3.10. The second kappa shape index (κ2) is 5.85. The summed E-state index contributed by atoms with van der Waals surface area (Å²) in [7, 11) is 0. The van der Waals surface area contributed by atoms with Gasteiger partial charge in [0.1, 0.15) is 5.82 Å². The van der Waals surface area contributed by atoms with E-state index < -0.39 is 5.82 Å². The van der Waals surface area contributed by atoms with Gasteiger partial charge in [0, 0.05) is 17.9 Å². The van der Waals surface area contributed by atoms with Crippen molar-refractivity contribution in [3.8, 4) is 0 Å². The number of carbonyl (C=O) groups excluding carboxylic acids is 1. The van der Waals surface area contributed by atoms with Crippen LogP contribution in [0, 0.1) is 5.82 Å². The third-order valence-corrected chi connectivity index (χ3v) is 4.23. The lowest BCUT2D eigenvalue weighted by atomic mass is 9.90. The van der Waals surface area contributed by atoms with Crippen molar-refractivity contribution in [2.24, 2.45) is 0 Å². The summed E-state index contributed by atoms with van der Waals surface area (Å²) in [6.45, 7) is 0.754. The molecule has 1 heterocycles. The lowest BCUT2D eigenvalue weighted by Gasteiger charge is -2.25. The maximum atomic E-state index is 13.5. The number of nitrogens with one attached hydrogen (secondary N) is 2. The second-order valence-corrected chi connectivity index (χ2v) is 5.83. The molecule has 1 aliphatic rings. The van der Waals surface area contributed by atoms with Crippen LogP contribution in [-0.2, 0) is 4.79 Å². The van der Waals surface area contributed by atoms with E-state index in [1.165, 1.54) is 6.07 Å². The highest BCUT2D eigenvalue weighted by Crippen LogP contribution is 2.32. The van der Waals surface area contributed by atoms with Gasteiger partial charge in [-0.3, -0.25) is 4.79 Å². The van der Waals surface area contributed by atoms with Gasteiger partial charge in [-0.2, -0.15) is 0 Å². The standard InChI is InChI=1S/C16H14BrFN2O/c17-13-6-5-10(9-14(13)18)20-16(21)12-7-8-19-15-4-2-1-3-11(12)15/h1-6,9,12,19H,7-8H2,(H,20,21). The maximum absolute atomic E-state index is 13.5. The SMILES string of the molecule is O=C(Nc1ccc(Br)c(F)c1)C1CCNc2ccccc21. The molecule has 2 N–H and O–H groups in total. The fourth-order valence-corrected chi connectivity index (χ4v) is 2.79. The van der Waals surface area contributed by atoms with Crippen LogP contribution in [0.2, 0.25) is 0 Å². The van der Waals surface area contributed by atoms with Crippen LogP contribution in [-0.4, -0.2) is 12.5 Å². The Bertz CT molecular complexity index is 690. The zero-order valence-electron chi connectivity index (χ0n) is 11.2. The largest absolute Gasteiger partial charge is 0.385 e. The van der Waals surface area contributed by atoms with Crippen molar-refractivity contribution in [3.63, 3.8) is 0 Å². The number of rotatable bonds is 2. The summed E-state index contributed by atoms with van der Waals surface area (Å²) in [5.41, 5.74) is 2.45. The highest BCUT2D eigenvalue weighted by atomic mass is 79.9. The summed E-state index contributed by atoms with van der Waals surface area (Å²) in [5, 5.41) is 6.07. The number of anilines is 2. The first-order valence-corrected chi connectivity index (χ1v) is 7.53. The molecule has 0 fully saturated rings. The molecule has 3 rings (SSSR count). The van der Waals surface area contributed by atoms with Gasteiger partial charge in [0.2, 0.25) is 5.91 Å². The van der Waals surface area contributed by atoms with Gasteiger partial charge in [-0.1, -0.05) is 18.2 Å². The van der Waals surface area contributed by atoms with E-state index in [1.54, 1.807) is 12.1 Å². The predicted octanol–water partition coefficient (Wildman–Crippen LogP) is 4.13. The maximum Gasteiger partial charge on any atom is 0.232 e. The minimum atomic E-state index is -0.390. The van der Waals surface area contributed by atoms with Crippen LogP contribution < -0.4 is 10.6 Å². The average molecular weight is 349 g/mol. The summed E-state index contributed by atoms with van der Waals surface area (Å²) in [6.07, 6.45) is 0.724. The van der Waals surface area contributed by atoms with Crippen LogP contribution in [0.4, 0.5) is 15.8 Å². The fraction of sp³-hybridized carbons (Fsp3) is 0.188. The molecule has 0 spiro atoms. The molecular formula is C16H14BrFN2O. The van der Waals surface area contributed by atoms with Crippen molar-refractivity contribution in [1.29, 1.82) is 0 Å². The molecule has 0 saturated carbocycles. The number of amides is 1. The summed E-state index contributed by atoms with van der Waals surface area (Å²) in [4.78, 5) is 12.5. The molecule has 1 unspecified atom stereocenters. The van der Waals surface area contributed by atoms with E-state index in [0.29, 0.717) is 10.2 Å². The van der Waals surface area contributed by atoms with Crippen molar-refractivity contribution < 1.29 is 9.18 Å². The molecule has 2 aromatic carbocycles. The number of para-hydroxylation sites is 1. The molecule has 1 atom stereocenters. The van der Waals surface area contributed by atoms with Crippen LogP contribution in [0.3, 0.4) is 0 Å². The second-order valence-electron chi connectivity index (χ2n) is 4.97. The van der Waals surface area contributed by atoms with Gasteiger partial charge in [-0.15, -0.1) is 0 Å². The zero-order valence-corrected chi connectivity index (χ0v) is 12.8. The third kappa shape index (κ3) is 2.93. The van der Waals surface area contributed by atoms with Crippen molar-refractivity contribution in [2.45, 2.75) is 12.3 Å². The van der Waals surface area contributed by atoms with Crippen LogP contribution >= 0.6 is 15.9 Å². The topological polar surface area (TPSA) is 41.1 Å². The quantitative estimate of drug-likeness (QED) is 0.856. The van der Waals surface area contributed by atoms with Gasteiger partial charge in [-0.25, -0.2) is 4.39 Å². The van der Waals surface area contributed by atoms with Crippen LogP contribution in [0.1, 0.15) is 17.9 Å². The molecular weight excluding hydrogens is 335 g/mol. The first-order valence-electron chi connectivity index (χ1n) is 6.74. The minimum Gasteiger partial charge on any atom is -0.385 e. The zero-order chi connectivity index (χ0) is 14.8. The van der Waals surface area contributed by atoms with Gasteiger partial charge >= 0.3 is 0 Å². The molecule has 0 radical (unpaired) electrons. The Morgan fingerprint density at radius 1 is 1.29 bits per heavy atom. The molecule has 5 heteroatoms. The van der Waals surface area contributed by atoms with E-state index in [0.717, 1.165) is 24.2 Å². The Hall–Kier alpha value is -1.88. The predicted molar refractivity (Wildman–Crippen MR) is 85.0 cm³/mol. The van der Waals surface area contributed by atoms with E-state index in [9.17, 15) is 9.18 Å². The van der Waals surface area contributed by atoms with Crippen molar-refractivity contribution >= 4 is 33.2 Å². The van der Waals surface area contributed by atoms with Crippen molar-refractivity contribution in [1.82, 2.24) is 0 Å². The molecule has 21 heavy (non-hydrogen) atoms. The molecule has 1 aliphatic heterocycles. The van der Waals surface area contributed by atoms with E-state index in [2.05, 4.69) is 26.6 Å². The molecule has 0 saturated heterocycles.